The molecule has 3 rings (SSSR count). The third-order valence-electron chi connectivity index (χ3n) is 4.89. The van der Waals surface area contributed by atoms with E-state index in [9.17, 15) is 13.5 Å². The normalized spacial score (nSPS) is 49.9. The van der Waals surface area contributed by atoms with Crippen LogP contribution in [0.15, 0.2) is 0 Å². The molecular formula is C12H20O3S. The lowest BCUT2D eigenvalue weighted by Crippen LogP contribution is -2.34. The van der Waals surface area contributed by atoms with Crippen molar-refractivity contribution in [1.29, 1.82) is 0 Å². The largest absolute Gasteiger partial charge is 0.389 e. The molecule has 3 aliphatic rings. The molecule has 1 heterocycles. The van der Waals surface area contributed by atoms with Gasteiger partial charge in [0.05, 0.1) is 17.1 Å². The maximum Gasteiger partial charge on any atom is 0.153 e. The second-order valence-corrected chi connectivity index (χ2v) is 8.39. The van der Waals surface area contributed by atoms with Gasteiger partial charge in [0.2, 0.25) is 0 Å². The fourth-order valence-corrected chi connectivity index (χ4v) is 6.09. The average molecular weight is 244 g/mol. The molecule has 3 nitrogen and oxygen atoms in total. The van der Waals surface area contributed by atoms with Gasteiger partial charge in [0, 0.05) is 0 Å². The molecule has 2 aliphatic carbocycles. The van der Waals surface area contributed by atoms with Crippen LogP contribution in [0.5, 0.6) is 0 Å². The van der Waals surface area contributed by atoms with Gasteiger partial charge >= 0.3 is 0 Å². The van der Waals surface area contributed by atoms with Gasteiger partial charge < -0.3 is 5.11 Å². The molecule has 0 aromatic rings. The van der Waals surface area contributed by atoms with Crippen molar-refractivity contribution in [3.05, 3.63) is 0 Å². The Bertz CT molecular complexity index is 389. The van der Waals surface area contributed by atoms with Gasteiger partial charge in [-0.3, -0.25) is 0 Å². The molecule has 2 saturated carbocycles. The third-order valence-corrected chi connectivity index (χ3v) is 6.70. The third kappa shape index (κ3) is 1.90. The SMILES string of the molecule is O=S1(=O)CCC(O)(CC2CC3CCC2C3)C1. The van der Waals surface area contributed by atoms with E-state index in [1.54, 1.807) is 0 Å². The van der Waals surface area contributed by atoms with Crippen molar-refractivity contribution in [1.82, 2.24) is 0 Å². The van der Waals surface area contributed by atoms with Crippen LogP contribution in [0.3, 0.4) is 0 Å². The zero-order chi connectivity index (χ0) is 11.4. The molecule has 3 fully saturated rings. The number of fused-ring (bicyclic) bond motifs is 2. The van der Waals surface area contributed by atoms with Gasteiger partial charge in [-0.2, -0.15) is 0 Å². The molecule has 4 heteroatoms. The van der Waals surface area contributed by atoms with Gasteiger partial charge in [0.25, 0.3) is 0 Å². The van der Waals surface area contributed by atoms with Crippen molar-refractivity contribution in [2.45, 2.75) is 44.1 Å². The van der Waals surface area contributed by atoms with Crippen molar-refractivity contribution in [2.24, 2.45) is 17.8 Å². The van der Waals surface area contributed by atoms with Gasteiger partial charge in [0.1, 0.15) is 0 Å². The highest BCUT2D eigenvalue weighted by atomic mass is 32.2. The minimum atomic E-state index is -2.96. The number of sulfone groups is 1. The topological polar surface area (TPSA) is 54.4 Å². The van der Waals surface area contributed by atoms with Crippen molar-refractivity contribution in [3.8, 4) is 0 Å². The van der Waals surface area contributed by atoms with Crippen LogP contribution in [0.2, 0.25) is 0 Å². The first-order chi connectivity index (χ1) is 7.46. The van der Waals surface area contributed by atoms with Gasteiger partial charge in [-0.1, -0.05) is 6.42 Å². The highest BCUT2D eigenvalue weighted by Crippen LogP contribution is 2.51. The van der Waals surface area contributed by atoms with Gasteiger partial charge in [-0.15, -0.1) is 0 Å². The first-order valence-corrected chi connectivity index (χ1v) is 8.21. The summed E-state index contributed by atoms with van der Waals surface area (Å²) in [5, 5.41) is 10.3. The van der Waals surface area contributed by atoms with E-state index in [-0.39, 0.29) is 11.5 Å². The van der Waals surface area contributed by atoms with Crippen molar-refractivity contribution in [3.63, 3.8) is 0 Å². The predicted octanol–water partition coefficient (Wildman–Crippen LogP) is 1.36. The number of aliphatic hydroxyl groups is 1. The van der Waals surface area contributed by atoms with E-state index in [1.807, 2.05) is 0 Å². The Balaban J connectivity index is 1.67. The second-order valence-electron chi connectivity index (χ2n) is 6.21. The minimum absolute atomic E-state index is 0.00782. The zero-order valence-electron chi connectivity index (χ0n) is 9.56. The molecule has 0 spiro atoms. The molecule has 2 bridgehead atoms. The van der Waals surface area contributed by atoms with E-state index in [0.29, 0.717) is 12.3 Å². The molecule has 0 aromatic heterocycles. The number of hydrogen-bond acceptors (Lipinski definition) is 3. The van der Waals surface area contributed by atoms with Crippen LogP contribution in [0.25, 0.3) is 0 Å². The van der Waals surface area contributed by atoms with Crippen LogP contribution < -0.4 is 0 Å². The Labute approximate surface area is 97.2 Å². The Hall–Kier alpha value is -0.0900. The number of rotatable bonds is 2. The van der Waals surface area contributed by atoms with Gasteiger partial charge in [-0.05, 0) is 49.9 Å². The Morgan fingerprint density at radius 2 is 2.06 bits per heavy atom. The summed E-state index contributed by atoms with van der Waals surface area (Å²) in [6.07, 6.45) is 6.41. The predicted molar refractivity (Wildman–Crippen MR) is 61.8 cm³/mol. The molecule has 0 aromatic carbocycles. The summed E-state index contributed by atoms with van der Waals surface area (Å²) in [4.78, 5) is 0. The van der Waals surface area contributed by atoms with Crippen LogP contribution >= 0.6 is 0 Å². The van der Waals surface area contributed by atoms with E-state index in [0.717, 1.165) is 18.3 Å². The lowest BCUT2D eigenvalue weighted by Gasteiger charge is -2.29. The van der Waals surface area contributed by atoms with Crippen LogP contribution in [0, 0.1) is 17.8 Å². The van der Waals surface area contributed by atoms with E-state index in [1.165, 1.54) is 25.7 Å². The maximum atomic E-state index is 11.4. The smallest absolute Gasteiger partial charge is 0.153 e. The van der Waals surface area contributed by atoms with Crippen LogP contribution in [0.1, 0.15) is 38.5 Å². The molecule has 0 radical (unpaired) electrons. The molecule has 0 amide bonds. The molecule has 16 heavy (non-hydrogen) atoms. The van der Waals surface area contributed by atoms with Crippen LogP contribution in [-0.2, 0) is 9.84 Å². The van der Waals surface area contributed by atoms with E-state index in [2.05, 4.69) is 0 Å². The standard InChI is InChI=1S/C12H20O3S/c13-12(3-4-16(14,15)8-12)7-11-6-9-1-2-10(11)5-9/h9-11,13H,1-8H2. The monoisotopic (exact) mass is 244 g/mol. The first kappa shape index (κ1) is 11.0. The van der Waals surface area contributed by atoms with Gasteiger partial charge in [-0.25, -0.2) is 8.42 Å². The summed E-state index contributed by atoms with van der Waals surface area (Å²) in [5.41, 5.74) is -0.895. The summed E-state index contributed by atoms with van der Waals surface area (Å²) < 4.78 is 22.8. The fourth-order valence-electron chi connectivity index (χ4n) is 4.17. The van der Waals surface area contributed by atoms with E-state index < -0.39 is 15.4 Å². The molecule has 1 aliphatic heterocycles. The summed E-state index contributed by atoms with van der Waals surface area (Å²) in [6, 6.07) is 0. The molecule has 1 N–H and O–H groups in total. The summed E-state index contributed by atoms with van der Waals surface area (Å²) in [6.45, 7) is 0. The van der Waals surface area contributed by atoms with Crippen molar-refractivity contribution < 1.29 is 13.5 Å². The zero-order valence-corrected chi connectivity index (χ0v) is 10.4. The lowest BCUT2D eigenvalue weighted by atomic mass is 9.80. The lowest BCUT2D eigenvalue weighted by molar-refractivity contribution is 0.0312. The van der Waals surface area contributed by atoms with E-state index >= 15 is 0 Å². The minimum Gasteiger partial charge on any atom is -0.389 e. The Morgan fingerprint density at radius 1 is 1.25 bits per heavy atom. The Kier molecular flexibility index (Phi) is 2.38. The van der Waals surface area contributed by atoms with Crippen molar-refractivity contribution >= 4 is 9.84 Å². The average Bonchev–Trinajstić information content (AvgIpc) is 2.80. The summed E-state index contributed by atoms with van der Waals surface area (Å²) in [5.74, 6) is 2.43. The van der Waals surface area contributed by atoms with Crippen molar-refractivity contribution in [2.75, 3.05) is 11.5 Å². The first-order valence-electron chi connectivity index (χ1n) is 6.39. The molecule has 92 valence electrons. The number of hydrogen-bond donors (Lipinski definition) is 1. The molecule has 4 atom stereocenters. The highest BCUT2D eigenvalue weighted by Gasteiger charge is 2.47. The molecule has 4 unspecified atom stereocenters. The highest BCUT2D eigenvalue weighted by molar-refractivity contribution is 7.91. The maximum absolute atomic E-state index is 11.4. The van der Waals surface area contributed by atoms with E-state index in [4.69, 9.17) is 0 Å². The molecule has 1 saturated heterocycles. The quantitative estimate of drug-likeness (QED) is 0.798. The summed E-state index contributed by atoms with van der Waals surface area (Å²) >= 11 is 0. The Morgan fingerprint density at radius 3 is 2.56 bits per heavy atom. The van der Waals surface area contributed by atoms with Crippen LogP contribution in [0.4, 0.5) is 0 Å². The summed E-state index contributed by atoms with van der Waals surface area (Å²) in [7, 11) is -2.96. The second kappa shape index (κ2) is 3.45. The van der Waals surface area contributed by atoms with Gasteiger partial charge in [0.15, 0.2) is 9.84 Å². The van der Waals surface area contributed by atoms with Crippen LogP contribution in [-0.4, -0.2) is 30.6 Å². The molecular weight excluding hydrogens is 224 g/mol. The fraction of sp³-hybridized carbons (Fsp3) is 1.00.